The van der Waals surface area contributed by atoms with Gasteiger partial charge in [0.15, 0.2) is 5.76 Å². The van der Waals surface area contributed by atoms with E-state index in [4.69, 9.17) is 4.42 Å². The van der Waals surface area contributed by atoms with Crippen molar-refractivity contribution in [1.82, 2.24) is 5.32 Å². The second kappa shape index (κ2) is 4.31. The molecule has 0 saturated heterocycles. The molecule has 0 radical (unpaired) electrons. The standard InChI is InChI=1S/C11H15NO2/c13-11(10-4-2-8-14-10)12-7-1-3-9-5-6-9/h2,4,8-9H,1,3,5-7H2,(H,12,13). The van der Waals surface area contributed by atoms with E-state index in [1.54, 1.807) is 12.1 Å². The zero-order valence-corrected chi connectivity index (χ0v) is 8.16. The Morgan fingerprint density at radius 2 is 2.43 bits per heavy atom. The van der Waals surface area contributed by atoms with Gasteiger partial charge in [0.05, 0.1) is 6.26 Å². The minimum atomic E-state index is -0.106. The SMILES string of the molecule is O=C(NCCCC1CC1)c1ccco1. The maximum atomic E-state index is 11.4. The molecule has 1 N–H and O–H groups in total. The highest BCUT2D eigenvalue weighted by Gasteiger charge is 2.20. The summed E-state index contributed by atoms with van der Waals surface area (Å²) in [6, 6.07) is 3.40. The van der Waals surface area contributed by atoms with Crippen molar-refractivity contribution in [3.63, 3.8) is 0 Å². The van der Waals surface area contributed by atoms with Gasteiger partial charge in [-0.1, -0.05) is 12.8 Å². The van der Waals surface area contributed by atoms with Crippen LogP contribution in [0.25, 0.3) is 0 Å². The van der Waals surface area contributed by atoms with Gasteiger partial charge in [-0.25, -0.2) is 0 Å². The summed E-state index contributed by atoms with van der Waals surface area (Å²) in [6.45, 7) is 0.760. The second-order valence-electron chi connectivity index (χ2n) is 3.82. The lowest BCUT2D eigenvalue weighted by Gasteiger charge is -2.01. The van der Waals surface area contributed by atoms with E-state index in [1.807, 2.05) is 0 Å². The summed E-state index contributed by atoms with van der Waals surface area (Å²) in [5.41, 5.74) is 0. The van der Waals surface area contributed by atoms with Crippen molar-refractivity contribution in [2.24, 2.45) is 5.92 Å². The molecule has 1 fully saturated rings. The van der Waals surface area contributed by atoms with Gasteiger partial charge in [0.2, 0.25) is 0 Å². The third-order valence-electron chi connectivity index (χ3n) is 2.52. The first-order valence-corrected chi connectivity index (χ1v) is 5.18. The summed E-state index contributed by atoms with van der Waals surface area (Å²) in [5.74, 6) is 1.23. The number of rotatable bonds is 5. The van der Waals surface area contributed by atoms with Gasteiger partial charge in [0, 0.05) is 6.54 Å². The van der Waals surface area contributed by atoms with E-state index in [9.17, 15) is 4.79 Å². The molecule has 0 bridgehead atoms. The van der Waals surface area contributed by atoms with Crippen LogP contribution in [0.1, 0.15) is 36.2 Å². The van der Waals surface area contributed by atoms with Gasteiger partial charge in [0.25, 0.3) is 5.91 Å². The monoisotopic (exact) mass is 193 g/mol. The van der Waals surface area contributed by atoms with Gasteiger partial charge in [-0.3, -0.25) is 4.79 Å². The molecule has 1 aromatic rings. The first-order valence-electron chi connectivity index (χ1n) is 5.18. The Bertz CT molecular complexity index is 288. The Hall–Kier alpha value is -1.25. The summed E-state index contributed by atoms with van der Waals surface area (Å²) < 4.78 is 4.97. The molecule has 1 aromatic heterocycles. The molecule has 0 atom stereocenters. The molecule has 14 heavy (non-hydrogen) atoms. The van der Waals surface area contributed by atoms with Gasteiger partial charge in [0.1, 0.15) is 0 Å². The highest BCUT2D eigenvalue weighted by Crippen LogP contribution is 2.33. The number of furan rings is 1. The molecule has 1 aliphatic carbocycles. The van der Waals surface area contributed by atoms with Crippen LogP contribution in [-0.2, 0) is 0 Å². The van der Waals surface area contributed by atoms with E-state index in [1.165, 1.54) is 25.5 Å². The van der Waals surface area contributed by atoms with Crippen LogP contribution < -0.4 is 5.32 Å². The zero-order chi connectivity index (χ0) is 9.80. The zero-order valence-electron chi connectivity index (χ0n) is 8.16. The van der Waals surface area contributed by atoms with Gasteiger partial charge in [-0.2, -0.15) is 0 Å². The topological polar surface area (TPSA) is 42.2 Å². The molecular formula is C11H15NO2. The van der Waals surface area contributed by atoms with E-state index in [2.05, 4.69) is 5.32 Å². The Morgan fingerprint density at radius 1 is 1.57 bits per heavy atom. The molecule has 3 nitrogen and oxygen atoms in total. The van der Waals surface area contributed by atoms with E-state index in [0.717, 1.165) is 18.9 Å². The Morgan fingerprint density at radius 3 is 3.07 bits per heavy atom. The van der Waals surface area contributed by atoms with Crippen molar-refractivity contribution in [1.29, 1.82) is 0 Å². The lowest BCUT2D eigenvalue weighted by Crippen LogP contribution is -2.23. The maximum Gasteiger partial charge on any atom is 0.286 e. The molecule has 0 spiro atoms. The number of amides is 1. The smallest absolute Gasteiger partial charge is 0.286 e. The van der Waals surface area contributed by atoms with E-state index in [0.29, 0.717) is 5.76 Å². The van der Waals surface area contributed by atoms with Crippen LogP contribution in [0.4, 0.5) is 0 Å². The fourth-order valence-corrected chi connectivity index (χ4v) is 1.49. The first-order chi connectivity index (χ1) is 6.86. The normalized spacial score (nSPS) is 15.4. The molecule has 1 saturated carbocycles. The summed E-state index contributed by atoms with van der Waals surface area (Å²) in [4.78, 5) is 11.4. The van der Waals surface area contributed by atoms with E-state index in [-0.39, 0.29) is 5.91 Å². The summed E-state index contributed by atoms with van der Waals surface area (Å²) in [6.07, 6.45) is 6.60. The number of nitrogens with one attached hydrogen (secondary N) is 1. The predicted molar refractivity (Wildman–Crippen MR) is 53.0 cm³/mol. The number of hydrogen-bond donors (Lipinski definition) is 1. The van der Waals surface area contributed by atoms with Crippen molar-refractivity contribution in [3.8, 4) is 0 Å². The van der Waals surface area contributed by atoms with Crippen LogP contribution >= 0.6 is 0 Å². The number of hydrogen-bond acceptors (Lipinski definition) is 2. The molecule has 0 unspecified atom stereocenters. The third kappa shape index (κ3) is 2.62. The highest BCUT2D eigenvalue weighted by atomic mass is 16.3. The van der Waals surface area contributed by atoms with Gasteiger partial charge in [-0.15, -0.1) is 0 Å². The van der Waals surface area contributed by atoms with Crippen LogP contribution in [0.15, 0.2) is 22.8 Å². The Labute approximate surface area is 83.5 Å². The van der Waals surface area contributed by atoms with Gasteiger partial charge in [-0.05, 0) is 30.9 Å². The largest absolute Gasteiger partial charge is 0.459 e. The predicted octanol–water partition coefficient (Wildman–Crippen LogP) is 2.20. The molecule has 1 amide bonds. The molecule has 0 aliphatic heterocycles. The third-order valence-corrected chi connectivity index (χ3v) is 2.52. The van der Waals surface area contributed by atoms with Gasteiger partial charge < -0.3 is 9.73 Å². The Kier molecular flexibility index (Phi) is 2.87. The van der Waals surface area contributed by atoms with Crippen LogP contribution in [0.5, 0.6) is 0 Å². The summed E-state index contributed by atoms with van der Waals surface area (Å²) in [7, 11) is 0. The lowest BCUT2D eigenvalue weighted by atomic mass is 10.2. The van der Waals surface area contributed by atoms with E-state index < -0.39 is 0 Å². The van der Waals surface area contributed by atoms with Crippen molar-refractivity contribution in [2.75, 3.05) is 6.54 Å². The van der Waals surface area contributed by atoms with Crippen molar-refractivity contribution in [2.45, 2.75) is 25.7 Å². The molecule has 3 heteroatoms. The fourth-order valence-electron chi connectivity index (χ4n) is 1.49. The van der Waals surface area contributed by atoms with Crippen molar-refractivity contribution in [3.05, 3.63) is 24.2 Å². The molecular weight excluding hydrogens is 178 g/mol. The van der Waals surface area contributed by atoms with Crippen molar-refractivity contribution >= 4 is 5.91 Å². The minimum absolute atomic E-state index is 0.106. The first kappa shape index (κ1) is 9.31. The van der Waals surface area contributed by atoms with E-state index >= 15 is 0 Å². The Balaban J connectivity index is 1.62. The second-order valence-corrected chi connectivity index (χ2v) is 3.82. The molecule has 2 rings (SSSR count). The van der Waals surface area contributed by atoms with Crippen molar-refractivity contribution < 1.29 is 9.21 Å². The molecule has 0 aromatic carbocycles. The van der Waals surface area contributed by atoms with Crippen LogP contribution in [0, 0.1) is 5.92 Å². The fraction of sp³-hybridized carbons (Fsp3) is 0.545. The summed E-state index contributed by atoms with van der Waals surface area (Å²) in [5, 5.41) is 2.84. The van der Waals surface area contributed by atoms with Crippen LogP contribution in [-0.4, -0.2) is 12.5 Å². The van der Waals surface area contributed by atoms with Crippen LogP contribution in [0.3, 0.4) is 0 Å². The highest BCUT2D eigenvalue weighted by molar-refractivity contribution is 5.91. The molecule has 1 heterocycles. The maximum absolute atomic E-state index is 11.4. The molecule has 76 valence electrons. The minimum Gasteiger partial charge on any atom is -0.459 e. The number of carbonyl (C=O) groups excluding carboxylic acids is 1. The summed E-state index contributed by atoms with van der Waals surface area (Å²) >= 11 is 0. The van der Waals surface area contributed by atoms with Gasteiger partial charge >= 0.3 is 0 Å². The number of carbonyl (C=O) groups is 1. The molecule has 1 aliphatic rings. The average molecular weight is 193 g/mol. The lowest BCUT2D eigenvalue weighted by molar-refractivity contribution is 0.0925. The quantitative estimate of drug-likeness (QED) is 0.728. The van der Waals surface area contributed by atoms with Crippen LogP contribution in [0.2, 0.25) is 0 Å². The average Bonchev–Trinajstić information content (AvgIpc) is 2.84.